The second-order valence-electron chi connectivity index (χ2n) is 18.8. The SMILES string of the molecule is Cc1ccc(S(=O)(=O)NCCOCCOCCNC(=O)NCCCCNC(=O)NCCOCCOCCNS(=O)(=O)c2ccc(C)c(C3CN(C)Cc4c(Cl)cc(Cl)cc43)c2)cc1C1CN(C)Cc2c(Cl)cc(Cl)cc21. The van der Waals surface area contributed by atoms with Gasteiger partial charge in [0.25, 0.3) is 0 Å². The molecule has 2 aliphatic rings. The van der Waals surface area contributed by atoms with Crippen molar-refractivity contribution in [2.75, 3.05) is 119 Å². The van der Waals surface area contributed by atoms with Gasteiger partial charge in [0.1, 0.15) is 0 Å². The van der Waals surface area contributed by atoms with Gasteiger partial charge in [0, 0.05) is 97.4 Å². The fraction of sp³-hybridized carbons (Fsp3) is 0.500. The van der Waals surface area contributed by atoms with Gasteiger partial charge in [0.05, 0.1) is 62.6 Å². The first-order chi connectivity index (χ1) is 36.3. The number of carbonyl (C=O) groups is 2. The normalized spacial score (nSPS) is 16.0. The molecule has 0 spiro atoms. The highest BCUT2D eigenvalue weighted by Crippen LogP contribution is 2.41. The van der Waals surface area contributed by atoms with Crippen LogP contribution in [-0.4, -0.2) is 158 Å². The van der Waals surface area contributed by atoms with E-state index in [-0.39, 0.29) is 113 Å². The van der Waals surface area contributed by atoms with Gasteiger partial charge in [0.15, 0.2) is 0 Å². The predicted molar refractivity (Wildman–Crippen MR) is 297 cm³/mol. The number of hydrogen-bond acceptors (Lipinski definition) is 12. The number of rotatable bonds is 29. The number of nitrogens with zero attached hydrogens (tertiary/aromatic N) is 2. The summed E-state index contributed by atoms with van der Waals surface area (Å²) in [6.07, 6.45) is 1.31. The van der Waals surface area contributed by atoms with Gasteiger partial charge >= 0.3 is 12.1 Å². The van der Waals surface area contributed by atoms with Crippen LogP contribution in [0.25, 0.3) is 0 Å². The van der Waals surface area contributed by atoms with E-state index in [9.17, 15) is 26.4 Å². The third-order valence-corrected chi connectivity index (χ3v) is 16.9. The van der Waals surface area contributed by atoms with E-state index in [2.05, 4.69) is 40.5 Å². The zero-order chi connectivity index (χ0) is 54.8. The van der Waals surface area contributed by atoms with E-state index in [4.69, 9.17) is 65.4 Å². The highest BCUT2D eigenvalue weighted by atomic mass is 35.5. The summed E-state index contributed by atoms with van der Waals surface area (Å²) in [5, 5.41) is 13.2. The van der Waals surface area contributed by atoms with Crippen molar-refractivity contribution >= 4 is 78.5 Å². The molecule has 2 aliphatic heterocycles. The average molecular weight is 1170 g/mol. The number of benzene rings is 4. The van der Waals surface area contributed by atoms with E-state index in [1.54, 1.807) is 36.4 Å². The Morgan fingerprint density at radius 1 is 0.500 bits per heavy atom. The lowest BCUT2D eigenvalue weighted by Gasteiger charge is -2.34. The number of likely N-dealkylation sites (N-methyl/N-ethyl adjacent to an activating group) is 2. The Balaban J connectivity index is 0.719. The molecule has 2 atom stereocenters. The Hall–Kier alpha value is -3.84. The Kier molecular flexibility index (Phi) is 24.2. The lowest BCUT2D eigenvalue weighted by molar-refractivity contribution is 0.0516. The Morgan fingerprint density at radius 2 is 0.855 bits per heavy atom. The molecule has 0 bridgehead atoms. The second-order valence-corrected chi connectivity index (χ2v) is 24.0. The van der Waals surface area contributed by atoms with E-state index >= 15 is 0 Å². The van der Waals surface area contributed by atoms with Gasteiger partial charge in [-0.2, -0.15) is 0 Å². The molecule has 0 saturated carbocycles. The number of fused-ring (bicyclic) bond motifs is 2. The quantitative estimate of drug-likeness (QED) is 0.0311. The van der Waals surface area contributed by atoms with Crippen LogP contribution >= 0.6 is 46.4 Å². The lowest BCUT2D eigenvalue weighted by Crippen LogP contribution is -2.39. The Bertz CT molecular complexity index is 2650. The first-order valence-corrected chi connectivity index (χ1v) is 29.7. The lowest BCUT2D eigenvalue weighted by atomic mass is 9.83. The molecule has 2 heterocycles. The number of ether oxygens (including phenoxy) is 4. The highest BCUT2D eigenvalue weighted by molar-refractivity contribution is 7.89. The number of sulfonamides is 2. The zero-order valence-electron chi connectivity index (χ0n) is 43.4. The summed E-state index contributed by atoms with van der Waals surface area (Å²) < 4.78 is 80.4. The van der Waals surface area contributed by atoms with Crippen molar-refractivity contribution in [3.63, 3.8) is 0 Å². The molecule has 4 amide bonds. The minimum Gasteiger partial charge on any atom is -0.378 e. The Morgan fingerprint density at radius 3 is 1.24 bits per heavy atom. The smallest absolute Gasteiger partial charge is 0.314 e. The average Bonchev–Trinajstić information content (AvgIpc) is 3.36. The van der Waals surface area contributed by atoms with E-state index in [1.165, 1.54) is 0 Å². The molecule has 76 heavy (non-hydrogen) atoms. The molecule has 24 heteroatoms. The number of aryl methyl sites for hydroxylation is 2. The highest BCUT2D eigenvalue weighted by Gasteiger charge is 2.31. The zero-order valence-corrected chi connectivity index (χ0v) is 48.0. The van der Waals surface area contributed by atoms with Crippen molar-refractivity contribution in [3.05, 3.63) is 125 Å². The number of unbranched alkanes of at least 4 members (excludes halogenated alkanes) is 1. The van der Waals surface area contributed by atoms with Crippen molar-refractivity contribution in [2.24, 2.45) is 0 Å². The van der Waals surface area contributed by atoms with E-state index in [0.29, 0.717) is 72.2 Å². The van der Waals surface area contributed by atoms with Gasteiger partial charge in [-0.05, 0) is 134 Å². The molecule has 6 N–H and O–H groups in total. The third kappa shape index (κ3) is 18.4. The summed E-state index contributed by atoms with van der Waals surface area (Å²) in [6, 6.07) is 16.9. The van der Waals surface area contributed by atoms with Gasteiger partial charge in [-0.1, -0.05) is 58.5 Å². The fourth-order valence-corrected chi connectivity index (χ4v) is 12.3. The van der Waals surface area contributed by atoms with Gasteiger partial charge in [-0.25, -0.2) is 35.9 Å². The van der Waals surface area contributed by atoms with Crippen LogP contribution in [-0.2, 0) is 52.1 Å². The maximum Gasteiger partial charge on any atom is 0.314 e. The molecule has 418 valence electrons. The first kappa shape index (κ1) is 61.4. The van der Waals surface area contributed by atoms with Crippen LogP contribution in [0.1, 0.15) is 69.2 Å². The maximum atomic E-state index is 13.2. The Labute approximate surface area is 467 Å². The minimum absolute atomic E-state index is 0.0774. The number of hydrogen-bond donors (Lipinski definition) is 6. The van der Waals surface area contributed by atoms with E-state index in [0.717, 1.165) is 44.5 Å². The summed E-state index contributed by atoms with van der Waals surface area (Å²) in [4.78, 5) is 28.9. The molecule has 4 aromatic carbocycles. The topological polar surface area (TPSA) is 218 Å². The first-order valence-electron chi connectivity index (χ1n) is 25.2. The molecule has 6 rings (SSSR count). The largest absolute Gasteiger partial charge is 0.378 e. The van der Waals surface area contributed by atoms with Crippen LogP contribution in [0.5, 0.6) is 0 Å². The van der Waals surface area contributed by atoms with Gasteiger partial charge in [-0.3, -0.25) is 0 Å². The second kappa shape index (κ2) is 29.9. The van der Waals surface area contributed by atoms with Crippen LogP contribution in [0.2, 0.25) is 20.1 Å². The number of nitrogens with one attached hydrogen (secondary N) is 6. The molecule has 4 aromatic rings. The van der Waals surface area contributed by atoms with Crippen molar-refractivity contribution in [3.8, 4) is 0 Å². The summed E-state index contributed by atoms with van der Waals surface area (Å²) in [7, 11) is -3.60. The summed E-state index contributed by atoms with van der Waals surface area (Å²) >= 11 is 25.9. The van der Waals surface area contributed by atoms with Crippen LogP contribution in [0, 0.1) is 13.8 Å². The number of urea groups is 2. The number of carbonyl (C=O) groups excluding carboxylic acids is 2. The van der Waals surface area contributed by atoms with Crippen molar-refractivity contribution in [1.29, 1.82) is 0 Å². The van der Waals surface area contributed by atoms with Crippen LogP contribution < -0.4 is 30.7 Å². The van der Waals surface area contributed by atoms with E-state index < -0.39 is 20.0 Å². The fourth-order valence-electron chi connectivity index (χ4n) is 9.10. The predicted octanol–water partition coefficient (Wildman–Crippen LogP) is 6.77. The van der Waals surface area contributed by atoms with Crippen molar-refractivity contribution < 1.29 is 45.4 Å². The van der Waals surface area contributed by atoms with Crippen molar-refractivity contribution in [1.82, 2.24) is 40.5 Å². The molecular formula is C52H70Cl4N8O10S2. The van der Waals surface area contributed by atoms with Crippen LogP contribution in [0.3, 0.4) is 0 Å². The summed E-state index contributed by atoms with van der Waals surface area (Å²) in [5.74, 6) is -0.200. The number of amides is 4. The van der Waals surface area contributed by atoms with E-state index in [1.807, 2.05) is 52.2 Å². The van der Waals surface area contributed by atoms with Crippen LogP contribution in [0.4, 0.5) is 9.59 Å². The standard InChI is InChI=1S/C52H70Cl4N8O10S2/c1-35-7-9-39(29-41(35)45-31-63(3)33-47-43(45)25-37(53)27-49(47)55)75(67,68)61-15-19-73-23-21-71-17-13-59-51(65)57-11-5-6-12-58-52(66)60-14-18-72-22-24-74-20-16-62-76(69,70)40-10-8-36(2)42(30-40)46-32-64(4)34-48-44(46)26-38(54)28-50(48)56/h7-10,25-30,45-46,61-62H,5-6,11-24,31-34H2,1-4H3,(H2,57,59,65)(H2,58,60,66). The summed E-state index contributed by atoms with van der Waals surface area (Å²) in [6.45, 7) is 10.1. The van der Waals surface area contributed by atoms with Gasteiger partial charge in [0.2, 0.25) is 20.0 Å². The minimum atomic E-state index is -3.81. The molecule has 18 nitrogen and oxygen atoms in total. The number of halogens is 4. The van der Waals surface area contributed by atoms with Crippen LogP contribution in [0.15, 0.2) is 70.5 Å². The molecular weight excluding hydrogens is 1100 g/mol. The van der Waals surface area contributed by atoms with Gasteiger partial charge in [-0.15, -0.1) is 0 Å². The van der Waals surface area contributed by atoms with Gasteiger partial charge < -0.3 is 50.0 Å². The van der Waals surface area contributed by atoms with Crippen molar-refractivity contribution in [2.45, 2.75) is 61.4 Å². The molecule has 0 saturated heterocycles. The molecule has 2 unspecified atom stereocenters. The molecule has 0 radical (unpaired) electrons. The maximum absolute atomic E-state index is 13.2. The monoisotopic (exact) mass is 1170 g/mol. The molecule has 0 fully saturated rings. The molecule has 0 aromatic heterocycles. The molecule has 0 aliphatic carbocycles. The summed E-state index contributed by atoms with van der Waals surface area (Å²) in [5.41, 5.74) is 7.72. The third-order valence-electron chi connectivity index (χ3n) is 12.9.